The van der Waals surface area contributed by atoms with E-state index in [0.29, 0.717) is 6.54 Å². The minimum absolute atomic E-state index is 0.663. The van der Waals surface area contributed by atoms with Crippen LogP contribution in [0.2, 0.25) is 0 Å². The van der Waals surface area contributed by atoms with Crippen LogP contribution in [0, 0.1) is 6.92 Å². The normalized spacial score (nSPS) is 10.6. The van der Waals surface area contributed by atoms with Crippen LogP contribution in [0.5, 0.6) is 0 Å². The summed E-state index contributed by atoms with van der Waals surface area (Å²) >= 11 is 0. The van der Waals surface area contributed by atoms with Crippen LogP contribution >= 0.6 is 0 Å². The molecule has 0 spiro atoms. The molecule has 3 aromatic rings. The molecule has 3 rings (SSSR count). The standard InChI is InChI=1S/C20H22N4/c1-15-8-10-17(11-9-15)20-23-14-18(22-13-5-12-21)19(24-20)16-6-3-2-4-7-16/h2-4,6-11,14,22H,5,12-13,21H2,1H3. The highest BCUT2D eigenvalue weighted by atomic mass is 15.0. The molecule has 1 heterocycles. The maximum absolute atomic E-state index is 5.58. The molecular formula is C20H22N4. The summed E-state index contributed by atoms with van der Waals surface area (Å²) in [7, 11) is 0. The van der Waals surface area contributed by atoms with Gasteiger partial charge in [-0.05, 0) is 19.9 Å². The van der Waals surface area contributed by atoms with Gasteiger partial charge < -0.3 is 11.1 Å². The third kappa shape index (κ3) is 3.78. The molecule has 4 heteroatoms. The molecule has 0 unspecified atom stereocenters. The van der Waals surface area contributed by atoms with Crippen LogP contribution in [0.15, 0.2) is 60.8 Å². The monoisotopic (exact) mass is 318 g/mol. The Balaban J connectivity index is 2.00. The second kappa shape index (κ2) is 7.70. The van der Waals surface area contributed by atoms with Gasteiger partial charge in [0.15, 0.2) is 5.82 Å². The smallest absolute Gasteiger partial charge is 0.159 e. The molecule has 0 aliphatic heterocycles. The maximum atomic E-state index is 5.58. The van der Waals surface area contributed by atoms with Crippen LogP contribution in [0.3, 0.4) is 0 Å². The summed E-state index contributed by atoms with van der Waals surface area (Å²) in [4.78, 5) is 9.36. The van der Waals surface area contributed by atoms with Gasteiger partial charge in [0.25, 0.3) is 0 Å². The van der Waals surface area contributed by atoms with Gasteiger partial charge in [-0.2, -0.15) is 0 Å². The summed E-state index contributed by atoms with van der Waals surface area (Å²) in [5, 5.41) is 3.40. The van der Waals surface area contributed by atoms with Crippen LogP contribution < -0.4 is 11.1 Å². The summed E-state index contributed by atoms with van der Waals surface area (Å²) in [6.45, 7) is 3.55. The van der Waals surface area contributed by atoms with Crippen molar-refractivity contribution in [3.05, 3.63) is 66.4 Å². The molecule has 122 valence electrons. The first-order chi connectivity index (χ1) is 11.8. The Hall–Kier alpha value is -2.72. The van der Waals surface area contributed by atoms with E-state index in [9.17, 15) is 0 Å². The van der Waals surface area contributed by atoms with Crippen LogP contribution in [0.4, 0.5) is 5.69 Å². The van der Waals surface area contributed by atoms with Gasteiger partial charge in [0.1, 0.15) is 0 Å². The summed E-state index contributed by atoms with van der Waals surface area (Å²) in [5.74, 6) is 0.734. The Morgan fingerprint density at radius 2 is 1.71 bits per heavy atom. The first kappa shape index (κ1) is 16.1. The number of nitrogens with two attached hydrogens (primary N) is 1. The van der Waals surface area contributed by atoms with Gasteiger partial charge in [0, 0.05) is 17.7 Å². The molecule has 0 saturated heterocycles. The molecule has 1 aromatic heterocycles. The van der Waals surface area contributed by atoms with Crippen molar-refractivity contribution in [1.29, 1.82) is 0 Å². The topological polar surface area (TPSA) is 63.8 Å². The van der Waals surface area contributed by atoms with Gasteiger partial charge in [-0.1, -0.05) is 60.2 Å². The summed E-state index contributed by atoms with van der Waals surface area (Å²) in [6, 6.07) is 18.4. The van der Waals surface area contributed by atoms with Crippen molar-refractivity contribution in [1.82, 2.24) is 9.97 Å². The van der Waals surface area contributed by atoms with Gasteiger partial charge in [-0.15, -0.1) is 0 Å². The van der Waals surface area contributed by atoms with Crippen LogP contribution in [-0.2, 0) is 0 Å². The van der Waals surface area contributed by atoms with Gasteiger partial charge in [-0.3, -0.25) is 0 Å². The van der Waals surface area contributed by atoms with Crippen LogP contribution in [0.1, 0.15) is 12.0 Å². The van der Waals surface area contributed by atoms with Gasteiger partial charge >= 0.3 is 0 Å². The number of aryl methyl sites for hydroxylation is 1. The number of nitrogens with one attached hydrogen (secondary N) is 1. The number of benzene rings is 2. The SMILES string of the molecule is Cc1ccc(-c2ncc(NCCCN)c(-c3ccccc3)n2)cc1. The zero-order valence-electron chi connectivity index (χ0n) is 13.9. The minimum Gasteiger partial charge on any atom is -0.382 e. The minimum atomic E-state index is 0.663. The second-order valence-electron chi connectivity index (χ2n) is 5.76. The molecule has 24 heavy (non-hydrogen) atoms. The van der Waals surface area contributed by atoms with Crippen molar-refractivity contribution in [2.24, 2.45) is 5.73 Å². The van der Waals surface area contributed by atoms with E-state index in [-0.39, 0.29) is 0 Å². The van der Waals surface area contributed by atoms with Crippen LogP contribution in [-0.4, -0.2) is 23.1 Å². The third-order valence-electron chi connectivity index (χ3n) is 3.84. The lowest BCUT2D eigenvalue weighted by atomic mass is 10.1. The lowest BCUT2D eigenvalue weighted by Crippen LogP contribution is -2.10. The molecular weight excluding hydrogens is 296 g/mol. The quantitative estimate of drug-likeness (QED) is 0.677. The number of hydrogen-bond acceptors (Lipinski definition) is 4. The van der Waals surface area contributed by atoms with Crippen molar-refractivity contribution < 1.29 is 0 Å². The van der Waals surface area contributed by atoms with Gasteiger partial charge in [-0.25, -0.2) is 9.97 Å². The molecule has 3 N–H and O–H groups in total. The molecule has 0 bridgehead atoms. The molecule has 0 radical (unpaired) electrons. The van der Waals surface area contributed by atoms with E-state index in [2.05, 4.69) is 53.6 Å². The van der Waals surface area contributed by atoms with E-state index in [0.717, 1.165) is 41.3 Å². The highest BCUT2D eigenvalue weighted by Gasteiger charge is 2.10. The van der Waals surface area contributed by atoms with E-state index in [1.807, 2.05) is 24.4 Å². The fraction of sp³-hybridized carbons (Fsp3) is 0.200. The average molecular weight is 318 g/mol. The maximum Gasteiger partial charge on any atom is 0.159 e. The first-order valence-electron chi connectivity index (χ1n) is 8.21. The Bertz CT molecular complexity index is 782. The molecule has 0 saturated carbocycles. The molecule has 4 nitrogen and oxygen atoms in total. The van der Waals surface area contributed by atoms with E-state index in [1.165, 1.54) is 5.56 Å². The fourth-order valence-corrected chi connectivity index (χ4v) is 2.49. The fourth-order valence-electron chi connectivity index (χ4n) is 2.49. The van der Waals surface area contributed by atoms with E-state index >= 15 is 0 Å². The predicted octanol–water partition coefficient (Wildman–Crippen LogP) is 3.88. The van der Waals surface area contributed by atoms with Crippen molar-refractivity contribution in [3.63, 3.8) is 0 Å². The van der Waals surface area contributed by atoms with E-state index in [4.69, 9.17) is 10.7 Å². The highest BCUT2D eigenvalue weighted by molar-refractivity contribution is 5.75. The zero-order valence-corrected chi connectivity index (χ0v) is 13.9. The van der Waals surface area contributed by atoms with Crippen molar-refractivity contribution in [3.8, 4) is 22.6 Å². The molecule has 0 aliphatic carbocycles. The summed E-state index contributed by atoms with van der Waals surface area (Å²) in [5.41, 5.74) is 10.8. The number of rotatable bonds is 6. The molecule has 0 atom stereocenters. The highest BCUT2D eigenvalue weighted by Crippen LogP contribution is 2.28. The predicted molar refractivity (Wildman–Crippen MR) is 99.8 cm³/mol. The Morgan fingerprint density at radius 1 is 0.958 bits per heavy atom. The van der Waals surface area contributed by atoms with Crippen molar-refractivity contribution in [2.75, 3.05) is 18.4 Å². The summed E-state index contributed by atoms with van der Waals surface area (Å²) < 4.78 is 0. The van der Waals surface area contributed by atoms with E-state index in [1.54, 1.807) is 0 Å². The Labute approximate surface area is 142 Å². The van der Waals surface area contributed by atoms with E-state index < -0.39 is 0 Å². The zero-order chi connectivity index (χ0) is 16.8. The molecule has 0 aliphatic rings. The molecule has 0 amide bonds. The molecule has 0 fully saturated rings. The van der Waals surface area contributed by atoms with Gasteiger partial charge in [0.2, 0.25) is 0 Å². The third-order valence-corrected chi connectivity index (χ3v) is 3.84. The lowest BCUT2D eigenvalue weighted by molar-refractivity contribution is 0.873. The number of anilines is 1. The van der Waals surface area contributed by atoms with Crippen molar-refractivity contribution in [2.45, 2.75) is 13.3 Å². The van der Waals surface area contributed by atoms with Crippen molar-refractivity contribution >= 4 is 5.69 Å². The number of hydrogen-bond donors (Lipinski definition) is 2. The number of nitrogens with zero attached hydrogens (tertiary/aromatic N) is 2. The number of aromatic nitrogens is 2. The lowest BCUT2D eigenvalue weighted by Gasteiger charge is -2.12. The Morgan fingerprint density at radius 3 is 2.42 bits per heavy atom. The second-order valence-corrected chi connectivity index (χ2v) is 5.76. The largest absolute Gasteiger partial charge is 0.382 e. The first-order valence-corrected chi connectivity index (χ1v) is 8.21. The average Bonchev–Trinajstić information content (AvgIpc) is 2.63. The summed E-state index contributed by atoms with van der Waals surface area (Å²) in [6.07, 6.45) is 2.77. The Kier molecular flexibility index (Phi) is 5.18. The van der Waals surface area contributed by atoms with Gasteiger partial charge in [0.05, 0.1) is 17.6 Å². The molecule has 2 aromatic carbocycles. The van der Waals surface area contributed by atoms with Crippen LogP contribution in [0.25, 0.3) is 22.6 Å².